The molecule has 150 valence electrons. The van der Waals surface area contributed by atoms with Gasteiger partial charge in [0.25, 0.3) is 11.7 Å². The van der Waals surface area contributed by atoms with E-state index in [4.69, 9.17) is 0 Å². The van der Waals surface area contributed by atoms with Crippen molar-refractivity contribution in [3.63, 3.8) is 0 Å². The molecule has 3 aromatic rings. The van der Waals surface area contributed by atoms with Crippen LogP contribution in [0.5, 0.6) is 0 Å². The summed E-state index contributed by atoms with van der Waals surface area (Å²) in [6.45, 7) is 1.04. The van der Waals surface area contributed by atoms with Crippen LogP contribution in [0.25, 0.3) is 16.7 Å². The van der Waals surface area contributed by atoms with Crippen LogP contribution in [0.15, 0.2) is 53.5 Å². The fourth-order valence-corrected chi connectivity index (χ4v) is 4.68. The number of aliphatic hydroxyl groups excluding tert-OH is 1. The number of likely N-dealkylation sites (tertiary alicyclic amines) is 1. The first-order valence-electron chi connectivity index (χ1n) is 9.41. The predicted molar refractivity (Wildman–Crippen MR) is 115 cm³/mol. The number of hydrogen-bond donors (Lipinski definition) is 1. The number of para-hydroxylation sites is 1. The number of fused-ring (bicyclic) bond motifs is 1. The molecular formula is C22H23N3O3S. The number of likely N-dealkylation sites (N-methyl/N-ethyl adjacent to an activating group) is 1. The second-order valence-electron chi connectivity index (χ2n) is 7.48. The van der Waals surface area contributed by atoms with E-state index < -0.39 is 17.7 Å². The molecule has 2 aromatic heterocycles. The summed E-state index contributed by atoms with van der Waals surface area (Å²) in [7, 11) is 5.74. The average molecular weight is 410 g/mol. The summed E-state index contributed by atoms with van der Waals surface area (Å²) < 4.78 is 1.91. The Labute approximate surface area is 173 Å². The average Bonchev–Trinajstić information content (AvgIpc) is 3.39. The highest BCUT2D eigenvalue weighted by Crippen LogP contribution is 2.42. The number of carbonyl (C=O) groups excluding carboxylic acids is 2. The van der Waals surface area contributed by atoms with Crippen LogP contribution in [0, 0.1) is 0 Å². The molecular weight excluding hydrogens is 386 g/mol. The van der Waals surface area contributed by atoms with E-state index in [1.807, 2.05) is 72.4 Å². The zero-order valence-electron chi connectivity index (χ0n) is 16.6. The lowest BCUT2D eigenvalue weighted by Gasteiger charge is -2.25. The largest absolute Gasteiger partial charge is 0.507 e. The van der Waals surface area contributed by atoms with Gasteiger partial charge >= 0.3 is 0 Å². The van der Waals surface area contributed by atoms with E-state index in [1.54, 1.807) is 11.1 Å². The number of amides is 1. The van der Waals surface area contributed by atoms with Crippen molar-refractivity contribution in [2.24, 2.45) is 7.05 Å². The summed E-state index contributed by atoms with van der Waals surface area (Å²) in [5.41, 5.74) is 1.67. The van der Waals surface area contributed by atoms with E-state index in [-0.39, 0.29) is 11.3 Å². The first kappa shape index (κ1) is 19.4. The van der Waals surface area contributed by atoms with Gasteiger partial charge in [-0.3, -0.25) is 9.59 Å². The highest BCUT2D eigenvalue weighted by molar-refractivity contribution is 7.10. The topological polar surface area (TPSA) is 65.8 Å². The molecule has 6 nitrogen and oxygen atoms in total. The van der Waals surface area contributed by atoms with Crippen LogP contribution in [0.2, 0.25) is 0 Å². The summed E-state index contributed by atoms with van der Waals surface area (Å²) in [5.74, 6) is -1.31. The maximum Gasteiger partial charge on any atom is 0.295 e. The van der Waals surface area contributed by atoms with Crippen LogP contribution in [0.1, 0.15) is 16.5 Å². The molecule has 3 heterocycles. The number of Topliss-reactive ketones (excluding diaryl/α,β-unsaturated/α-hetero) is 1. The van der Waals surface area contributed by atoms with Crippen molar-refractivity contribution in [2.45, 2.75) is 6.04 Å². The number of rotatable bonds is 5. The summed E-state index contributed by atoms with van der Waals surface area (Å²) in [6, 6.07) is 10.9. The predicted octanol–water partition coefficient (Wildman–Crippen LogP) is 3.22. The monoisotopic (exact) mass is 409 g/mol. The quantitative estimate of drug-likeness (QED) is 0.399. The maximum absolute atomic E-state index is 13.0. The molecule has 0 unspecified atom stereocenters. The van der Waals surface area contributed by atoms with E-state index in [1.165, 1.54) is 11.3 Å². The third-order valence-electron chi connectivity index (χ3n) is 5.29. The Bertz CT molecular complexity index is 1110. The molecule has 0 saturated carbocycles. The lowest BCUT2D eigenvalue weighted by molar-refractivity contribution is -0.140. The molecule has 1 aliphatic rings. The molecule has 1 amide bonds. The van der Waals surface area contributed by atoms with Crippen LogP contribution in [-0.2, 0) is 16.6 Å². The van der Waals surface area contributed by atoms with Crippen molar-refractivity contribution in [1.82, 2.24) is 14.4 Å². The fourth-order valence-electron chi connectivity index (χ4n) is 3.84. The molecule has 1 aliphatic heterocycles. The zero-order chi connectivity index (χ0) is 20.7. The normalized spacial score (nSPS) is 19.0. The van der Waals surface area contributed by atoms with E-state index in [2.05, 4.69) is 0 Å². The number of hydrogen-bond acceptors (Lipinski definition) is 5. The first-order chi connectivity index (χ1) is 13.9. The molecule has 1 aromatic carbocycles. The minimum atomic E-state index is -0.632. The second kappa shape index (κ2) is 7.50. The smallest absolute Gasteiger partial charge is 0.295 e. The Morgan fingerprint density at radius 1 is 1.17 bits per heavy atom. The molecule has 29 heavy (non-hydrogen) atoms. The SMILES string of the molecule is CN(C)CCN1C(=O)C(=O)/C(=C(/O)c2cn(C)c3ccccc23)[C@@H]1c1cccs1. The Morgan fingerprint density at radius 2 is 1.93 bits per heavy atom. The van der Waals surface area contributed by atoms with E-state index >= 15 is 0 Å². The van der Waals surface area contributed by atoms with Gasteiger partial charge in [0.2, 0.25) is 0 Å². The highest BCUT2D eigenvalue weighted by atomic mass is 32.1. The van der Waals surface area contributed by atoms with Gasteiger partial charge in [-0.2, -0.15) is 0 Å². The molecule has 4 rings (SSSR count). The zero-order valence-corrected chi connectivity index (χ0v) is 17.4. The Morgan fingerprint density at radius 3 is 2.62 bits per heavy atom. The lowest BCUT2D eigenvalue weighted by atomic mass is 9.99. The molecule has 1 saturated heterocycles. The number of nitrogens with zero attached hydrogens (tertiary/aromatic N) is 3. The Kier molecular flexibility index (Phi) is 5.02. The molecule has 1 fully saturated rings. The highest BCUT2D eigenvalue weighted by Gasteiger charge is 2.46. The number of carbonyl (C=O) groups is 2. The third kappa shape index (κ3) is 3.26. The van der Waals surface area contributed by atoms with Crippen molar-refractivity contribution < 1.29 is 14.7 Å². The molecule has 0 radical (unpaired) electrons. The maximum atomic E-state index is 13.0. The van der Waals surface area contributed by atoms with Crippen LogP contribution < -0.4 is 0 Å². The van der Waals surface area contributed by atoms with E-state index in [0.717, 1.165) is 15.8 Å². The third-order valence-corrected chi connectivity index (χ3v) is 6.22. The van der Waals surface area contributed by atoms with Crippen LogP contribution >= 0.6 is 11.3 Å². The van der Waals surface area contributed by atoms with Crippen molar-refractivity contribution in [3.8, 4) is 0 Å². The Balaban J connectivity index is 1.89. The molecule has 7 heteroatoms. The molecule has 1 atom stereocenters. The molecule has 1 N–H and O–H groups in total. The number of aryl methyl sites for hydroxylation is 1. The standard InChI is InChI=1S/C22H23N3O3S/c1-23(2)10-11-25-19(17-9-6-12-29-17)18(21(27)22(25)28)20(26)15-13-24(3)16-8-5-4-7-14(15)16/h4-9,12-13,19,26H,10-11H2,1-3H3/b20-18+/t19-/m0/s1. The van der Waals surface area contributed by atoms with Gasteiger partial charge in [0.05, 0.1) is 11.6 Å². The van der Waals surface area contributed by atoms with E-state index in [0.29, 0.717) is 18.7 Å². The van der Waals surface area contributed by atoms with Crippen LogP contribution in [0.3, 0.4) is 0 Å². The molecule has 0 aliphatic carbocycles. The van der Waals surface area contributed by atoms with Crippen LogP contribution in [-0.4, -0.2) is 58.3 Å². The molecule has 0 bridgehead atoms. The first-order valence-corrected chi connectivity index (χ1v) is 10.3. The van der Waals surface area contributed by atoms with Gasteiger partial charge in [0.15, 0.2) is 0 Å². The number of benzene rings is 1. The van der Waals surface area contributed by atoms with Gasteiger partial charge in [-0.25, -0.2) is 0 Å². The van der Waals surface area contributed by atoms with Crippen molar-refractivity contribution in [1.29, 1.82) is 0 Å². The number of aromatic nitrogens is 1. The van der Waals surface area contributed by atoms with Crippen LogP contribution in [0.4, 0.5) is 0 Å². The fraction of sp³-hybridized carbons (Fsp3) is 0.273. The number of aliphatic hydroxyl groups is 1. The van der Waals surface area contributed by atoms with Crippen molar-refractivity contribution in [2.75, 3.05) is 27.2 Å². The number of thiophene rings is 1. The lowest BCUT2D eigenvalue weighted by Crippen LogP contribution is -2.35. The van der Waals surface area contributed by atoms with Crippen molar-refractivity contribution >= 4 is 39.7 Å². The molecule has 0 spiro atoms. The summed E-state index contributed by atoms with van der Waals surface area (Å²) in [5, 5.41) is 14.0. The number of ketones is 1. The second-order valence-corrected chi connectivity index (χ2v) is 8.46. The van der Waals surface area contributed by atoms with Gasteiger partial charge in [0.1, 0.15) is 5.76 Å². The van der Waals surface area contributed by atoms with Crippen molar-refractivity contribution in [3.05, 3.63) is 64.0 Å². The van der Waals surface area contributed by atoms with E-state index in [9.17, 15) is 14.7 Å². The minimum Gasteiger partial charge on any atom is -0.507 e. The van der Waals surface area contributed by atoms with Gasteiger partial charge in [-0.05, 0) is 31.6 Å². The summed E-state index contributed by atoms with van der Waals surface area (Å²) in [4.78, 5) is 30.3. The van der Waals surface area contributed by atoms with Gasteiger partial charge < -0.3 is 19.5 Å². The summed E-state index contributed by atoms with van der Waals surface area (Å²) >= 11 is 1.48. The Hall–Kier alpha value is -2.90. The van der Waals surface area contributed by atoms with Gasteiger partial charge in [-0.1, -0.05) is 24.3 Å². The van der Waals surface area contributed by atoms with Gasteiger partial charge in [0, 0.05) is 47.7 Å². The summed E-state index contributed by atoms with van der Waals surface area (Å²) in [6.07, 6.45) is 1.80. The van der Waals surface area contributed by atoms with Gasteiger partial charge in [-0.15, -0.1) is 11.3 Å². The minimum absolute atomic E-state index is 0.120.